The molecule has 2 amide bonds. The minimum atomic E-state index is -0.172. The summed E-state index contributed by atoms with van der Waals surface area (Å²) in [6.07, 6.45) is 0. The Balaban J connectivity index is 2.35. The summed E-state index contributed by atoms with van der Waals surface area (Å²) in [5, 5.41) is 2.97. The van der Waals surface area contributed by atoms with Gasteiger partial charge in [-0.2, -0.15) is 0 Å². The predicted molar refractivity (Wildman–Crippen MR) is 69.5 cm³/mol. The van der Waals surface area contributed by atoms with Crippen LogP contribution in [0.2, 0.25) is 5.02 Å². The van der Waals surface area contributed by atoms with Gasteiger partial charge in [-0.3, -0.25) is 14.5 Å². The number of hydrogen-bond acceptors (Lipinski definition) is 2. The van der Waals surface area contributed by atoms with Crippen LogP contribution in [-0.4, -0.2) is 24.9 Å². The van der Waals surface area contributed by atoms with Crippen molar-refractivity contribution >= 4 is 51.7 Å². The van der Waals surface area contributed by atoms with Crippen molar-refractivity contribution in [1.29, 1.82) is 0 Å². The summed E-state index contributed by atoms with van der Waals surface area (Å²) in [4.78, 5) is 24.2. The monoisotopic (exact) mass is 350 g/mol. The second kappa shape index (κ2) is 4.58. The van der Waals surface area contributed by atoms with Crippen LogP contribution in [0.4, 0.5) is 5.69 Å². The first-order chi connectivity index (χ1) is 7.58. The van der Waals surface area contributed by atoms with Crippen LogP contribution in [-0.2, 0) is 9.59 Å². The van der Waals surface area contributed by atoms with E-state index in [1.54, 1.807) is 12.1 Å². The highest BCUT2D eigenvalue weighted by atomic mass is 127. The molecule has 0 bridgehead atoms. The molecule has 1 heterocycles. The topological polar surface area (TPSA) is 49.4 Å². The van der Waals surface area contributed by atoms with E-state index < -0.39 is 0 Å². The third kappa shape index (κ3) is 2.30. The molecule has 1 N–H and O–H groups in total. The van der Waals surface area contributed by atoms with E-state index in [0.29, 0.717) is 10.7 Å². The number of benzene rings is 1. The van der Waals surface area contributed by atoms with Crippen molar-refractivity contribution < 1.29 is 9.59 Å². The molecule has 16 heavy (non-hydrogen) atoms. The number of carbonyl (C=O) groups excluding carboxylic acids is 2. The summed E-state index contributed by atoms with van der Waals surface area (Å²) in [6.45, 7) is 0.0558. The van der Waals surface area contributed by atoms with Gasteiger partial charge in [-0.1, -0.05) is 11.6 Å². The molecule has 1 saturated heterocycles. The zero-order valence-corrected chi connectivity index (χ0v) is 11.1. The largest absolute Gasteiger partial charge is 0.345 e. The van der Waals surface area contributed by atoms with Gasteiger partial charge in [0.1, 0.15) is 6.54 Å². The van der Waals surface area contributed by atoms with E-state index in [2.05, 4.69) is 27.9 Å². The van der Waals surface area contributed by atoms with Crippen molar-refractivity contribution in [3.63, 3.8) is 0 Å². The number of halogens is 2. The highest BCUT2D eigenvalue weighted by molar-refractivity contribution is 14.1. The molecule has 1 aliphatic heterocycles. The van der Waals surface area contributed by atoms with E-state index in [4.69, 9.17) is 11.6 Å². The first-order valence-electron chi connectivity index (χ1n) is 4.60. The SMILES string of the molecule is O=C1CN(c2ccc(I)cc2Cl)C(=O)CN1. The van der Waals surface area contributed by atoms with Gasteiger partial charge in [0.15, 0.2) is 0 Å². The van der Waals surface area contributed by atoms with Crippen LogP contribution >= 0.6 is 34.2 Å². The van der Waals surface area contributed by atoms with Crippen LogP contribution in [0.5, 0.6) is 0 Å². The lowest BCUT2D eigenvalue weighted by molar-refractivity contribution is -0.128. The summed E-state index contributed by atoms with van der Waals surface area (Å²) < 4.78 is 0.986. The third-order valence-electron chi connectivity index (χ3n) is 2.24. The Morgan fingerprint density at radius 2 is 2.12 bits per heavy atom. The maximum absolute atomic E-state index is 11.6. The fourth-order valence-electron chi connectivity index (χ4n) is 1.48. The van der Waals surface area contributed by atoms with Gasteiger partial charge in [0.2, 0.25) is 11.8 Å². The maximum Gasteiger partial charge on any atom is 0.246 e. The van der Waals surface area contributed by atoms with Crippen molar-refractivity contribution in [2.24, 2.45) is 0 Å². The van der Waals surface area contributed by atoms with Gasteiger partial charge >= 0.3 is 0 Å². The summed E-state index contributed by atoms with van der Waals surface area (Å²) >= 11 is 8.18. The number of nitrogens with one attached hydrogen (secondary N) is 1. The van der Waals surface area contributed by atoms with Crippen LogP contribution < -0.4 is 10.2 Å². The number of nitrogens with zero attached hydrogens (tertiary/aromatic N) is 1. The van der Waals surface area contributed by atoms with Crippen molar-refractivity contribution in [1.82, 2.24) is 5.32 Å². The van der Waals surface area contributed by atoms with Crippen LogP contribution in [0, 0.1) is 3.57 Å². The van der Waals surface area contributed by atoms with Crippen LogP contribution in [0.15, 0.2) is 18.2 Å². The van der Waals surface area contributed by atoms with Crippen molar-refractivity contribution in [3.8, 4) is 0 Å². The van der Waals surface area contributed by atoms with Crippen LogP contribution in [0.1, 0.15) is 0 Å². The first-order valence-corrected chi connectivity index (χ1v) is 6.06. The predicted octanol–water partition coefficient (Wildman–Crippen LogP) is 1.41. The van der Waals surface area contributed by atoms with E-state index in [1.807, 2.05) is 6.07 Å². The van der Waals surface area contributed by atoms with Crippen molar-refractivity contribution in [2.75, 3.05) is 18.0 Å². The molecule has 0 unspecified atom stereocenters. The van der Waals surface area contributed by atoms with Crippen LogP contribution in [0.3, 0.4) is 0 Å². The molecule has 1 aliphatic rings. The number of hydrogen-bond donors (Lipinski definition) is 1. The van der Waals surface area contributed by atoms with Gasteiger partial charge in [-0.15, -0.1) is 0 Å². The van der Waals surface area contributed by atoms with E-state index in [1.165, 1.54) is 4.90 Å². The number of amides is 2. The molecule has 6 heteroatoms. The molecule has 0 atom stereocenters. The van der Waals surface area contributed by atoms with E-state index >= 15 is 0 Å². The molecular formula is C10H8ClIN2O2. The summed E-state index contributed by atoms with van der Waals surface area (Å²) in [5.74, 6) is -0.322. The molecule has 1 aromatic rings. The minimum absolute atomic E-state index is 0.0269. The Hall–Kier alpha value is -0.820. The zero-order valence-electron chi connectivity index (χ0n) is 8.17. The Morgan fingerprint density at radius 3 is 2.81 bits per heavy atom. The lowest BCUT2D eigenvalue weighted by atomic mass is 10.2. The van der Waals surface area contributed by atoms with E-state index in [-0.39, 0.29) is 24.9 Å². The maximum atomic E-state index is 11.6. The number of rotatable bonds is 1. The quantitative estimate of drug-likeness (QED) is 0.779. The average Bonchev–Trinajstić information content (AvgIpc) is 2.22. The molecule has 1 fully saturated rings. The lowest BCUT2D eigenvalue weighted by Crippen LogP contribution is -2.51. The Morgan fingerprint density at radius 1 is 1.38 bits per heavy atom. The molecule has 84 valence electrons. The summed E-state index contributed by atoms with van der Waals surface area (Å²) in [5.41, 5.74) is 0.585. The molecule has 0 aromatic heterocycles. The Bertz CT molecular complexity index is 464. The van der Waals surface area contributed by atoms with Crippen LogP contribution in [0.25, 0.3) is 0 Å². The highest BCUT2D eigenvalue weighted by Gasteiger charge is 2.25. The van der Waals surface area contributed by atoms with Crippen molar-refractivity contribution in [3.05, 3.63) is 26.8 Å². The fourth-order valence-corrected chi connectivity index (χ4v) is 2.43. The highest BCUT2D eigenvalue weighted by Crippen LogP contribution is 2.28. The fraction of sp³-hybridized carbons (Fsp3) is 0.200. The number of carbonyl (C=O) groups is 2. The molecule has 1 aromatic carbocycles. The second-order valence-corrected chi connectivity index (χ2v) is 5.01. The van der Waals surface area contributed by atoms with E-state index in [9.17, 15) is 9.59 Å². The van der Waals surface area contributed by atoms with Gasteiger partial charge in [-0.05, 0) is 40.8 Å². The standard InChI is InChI=1S/C10H8ClIN2O2/c11-7-3-6(12)1-2-8(7)14-5-9(15)13-4-10(14)16/h1-3H,4-5H2,(H,13,15). The first kappa shape index (κ1) is 11.7. The molecular weight excluding hydrogens is 342 g/mol. The minimum Gasteiger partial charge on any atom is -0.345 e. The average molecular weight is 351 g/mol. The van der Waals surface area contributed by atoms with Gasteiger partial charge < -0.3 is 5.32 Å². The molecule has 0 aliphatic carbocycles. The normalized spacial score (nSPS) is 16.2. The smallest absolute Gasteiger partial charge is 0.246 e. The second-order valence-electron chi connectivity index (χ2n) is 3.35. The zero-order chi connectivity index (χ0) is 11.7. The number of piperazine rings is 1. The van der Waals surface area contributed by atoms with Gasteiger partial charge in [0.25, 0.3) is 0 Å². The Kier molecular flexibility index (Phi) is 3.34. The lowest BCUT2D eigenvalue weighted by Gasteiger charge is -2.27. The van der Waals surface area contributed by atoms with Gasteiger partial charge in [0.05, 0.1) is 17.3 Å². The molecule has 0 spiro atoms. The molecule has 0 radical (unpaired) electrons. The third-order valence-corrected chi connectivity index (χ3v) is 3.21. The Labute approximate surface area is 111 Å². The van der Waals surface area contributed by atoms with Gasteiger partial charge in [0, 0.05) is 3.57 Å². The molecule has 0 saturated carbocycles. The summed E-state index contributed by atoms with van der Waals surface area (Å²) in [6, 6.07) is 5.36. The number of anilines is 1. The molecule has 2 rings (SSSR count). The van der Waals surface area contributed by atoms with E-state index in [0.717, 1.165) is 3.57 Å². The van der Waals surface area contributed by atoms with Gasteiger partial charge in [-0.25, -0.2) is 0 Å². The van der Waals surface area contributed by atoms with Crippen molar-refractivity contribution in [2.45, 2.75) is 0 Å². The summed E-state index contributed by atoms with van der Waals surface area (Å²) in [7, 11) is 0. The molecule has 4 nitrogen and oxygen atoms in total.